The lowest BCUT2D eigenvalue weighted by atomic mass is 9.96. The lowest BCUT2D eigenvalue weighted by Gasteiger charge is -2.32. The van der Waals surface area contributed by atoms with E-state index in [1.54, 1.807) is 7.11 Å². The number of methoxy groups -OCH3 is 1. The van der Waals surface area contributed by atoms with E-state index in [0.717, 1.165) is 56.8 Å². The smallest absolute Gasteiger partial charge is 0.328 e. The third-order valence-electron chi connectivity index (χ3n) is 6.52. The van der Waals surface area contributed by atoms with Crippen molar-refractivity contribution in [3.8, 4) is 11.5 Å². The Kier molecular flexibility index (Phi) is 11.2. The Morgan fingerprint density at radius 3 is 2.26 bits per heavy atom. The van der Waals surface area contributed by atoms with Crippen molar-refractivity contribution in [2.24, 2.45) is 5.92 Å². The molecule has 0 aromatic heterocycles. The average molecular weight is 525 g/mol. The Balaban J connectivity index is 0.000000436. The molecule has 1 amide bonds. The number of rotatable bonds is 9. The Bertz CT molecular complexity index is 1080. The van der Waals surface area contributed by atoms with Gasteiger partial charge in [-0.15, -0.1) is 0 Å². The van der Waals surface area contributed by atoms with Crippen LogP contribution in [-0.4, -0.2) is 59.3 Å². The van der Waals surface area contributed by atoms with Crippen LogP contribution >= 0.6 is 0 Å². The predicted molar refractivity (Wildman–Crippen MR) is 143 cm³/mol. The van der Waals surface area contributed by atoms with Gasteiger partial charge in [0.1, 0.15) is 0 Å². The number of benzene rings is 2. The summed E-state index contributed by atoms with van der Waals surface area (Å²) in [6.45, 7) is 2.73. The van der Waals surface area contributed by atoms with Crippen LogP contribution in [0.15, 0.2) is 60.7 Å². The fraction of sp³-hybridized carbons (Fsp3) is 0.414. The van der Waals surface area contributed by atoms with Crippen LogP contribution in [0.3, 0.4) is 0 Å². The maximum Gasteiger partial charge on any atom is 0.328 e. The van der Waals surface area contributed by atoms with E-state index in [2.05, 4.69) is 34.5 Å². The van der Waals surface area contributed by atoms with Crippen LogP contribution in [0.5, 0.6) is 11.5 Å². The van der Waals surface area contributed by atoms with Crippen molar-refractivity contribution in [3.05, 3.63) is 66.2 Å². The van der Waals surface area contributed by atoms with Gasteiger partial charge in [0.15, 0.2) is 11.5 Å². The summed E-state index contributed by atoms with van der Waals surface area (Å²) in [5, 5.41) is 18.7. The monoisotopic (exact) mass is 524 g/mol. The van der Waals surface area contributed by atoms with Crippen molar-refractivity contribution in [2.75, 3.05) is 25.5 Å². The first-order chi connectivity index (χ1) is 18.3. The van der Waals surface area contributed by atoms with Gasteiger partial charge in [0.25, 0.3) is 0 Å². The van der Waals surface area contributed by atoms with Crippen molar-refractivity contribution >= 4 is 23.5 Å². The van der Waals surface area contributed by atoms with Crippen molar-refractivity contribution in [1.82, 2.24) is 4.90 Å². The molecule has 4 rings (SSSR count). The summed E-state index contributed by atoms with van der Waals surface area (Å²) in [7, 11) is 1.65. The SMILES string of the molecule is COc1ccc(NC(=O)C2CCCN(Cc3ccccc3)C2)cc1OC1CCCC1.O=C(O)/C=C/C(=O)O. The summed E-state index contributed by atoms with van der Waals surface area (Å²) in [6.07, 6.45) is 7.93. The molecule has 2 aromatic carbocycles. The molecule has 1 saturated heterocycles. The molecule has 3 N–H and O–H groups in total. The average Bonchev–Trinajstić information content (AvgIpc) is 3.42. The highest BCUT2D eigenvalue weighted by atomic mass is 16.5. The summed E-state index contributed by atoms with van der Waals surface area (Å²) < 4.78 is 11.6. The molecular formula is C29H36N2O7. The number of carbonyl (C=O) groups excluding carboxylic acids is 1. The summed E-state index contributed by atoms with van der Waals surface area (Å²) in [5.41, 5.74) is 2.07. The fourth-order valence-corrected chi connectivity index (χ4v) is 4.67. The Labute approximate surface area is 223 Å². The number of aliphatic carboxylic acids is 2. The second-order valence-electron chi connectivity index (χ2n) is 9.45. The standard InChI is InChI=1S/C25H32N2O3.C4H4O4/c1-29-23-14-13-21(16-24(23)30-22-11-5-6-12-22)26-25(28)20-10-7-15-27(18-20)17-19-8-3-2-4-9-19;5-3(6)1-2-4(7)8/h2-4,8-9,13-14,16,20,22H,5-7,10-12,15,17-18H2,1H3,(H,26,28);1-2H,(H,5,6)(H,7,8)/b;2-1+. The largest absolute Gasteiger partial charge is 0.493 e. The second kappa shape index (κ2) is 14.8. The minimum atomic E-state index is -1.26. The van der Waals surface area contributed by atoms with Crippen LogP contribution in [-0.2, 0) is 20.9 Å². The molecule has 1 aliphatic heterocycles. The first kappa shape index (κ1) is 28.7. The van der Waals surface area contributed by atoms with Gasteiger partial charge >= 0.3 is 11.9 Å². The quantitative estimate of drug-likeness (QED) is 0.407. The molecule has 2 fully saturated rings. The predicted octanol–water partition coefficient (Wildman–Crippen LogP) is 4.58. The van der Waals surface area contributed by atoms with Crippen LogP contribution in [0, 0.1) is 5.92 Å². The van der Waals surface area contributed by atoms with Crippen molar-refractivity contribution < 1.29 is 34.1 Å². The van der Waals surface area contributed by atoms with Gasteiger partial charge in [-0.1, -0.05) is 30.3 Å². The summed E-state index contributed by atoms with van der Waals surface area (Å²) in [4.78, 5) is 34.5. The summed E-state index contributed by atoms with van der Waals surface area (Å²) in [5.74, 6) is -0.989. The van der Waals surface area contributed by atoms with E-state index in [0.29, 0.717) is 17.9 Å². The van der Waals surface area contributed by atoms with Gasteiger partial charge in [-0.05, 0) is 62.8 Å². The van der Waals surface area contributed by atoms with Gasteiger partial charge in [0.05, 0.1) is 19.1 Å². The number of carboxylic acid groups (broad SMARTS) is 2. The van der Waals surface area contributed by atoms with Gasteiger partial charge in [-0.2, -0.15) is 0 Å². The number of piperidine rings is 1. The maximum atomic E-state index is 13.0. The number of anilines is 1. The van der Waals surface area contributed by atoms with Crippen LogP contribution in [0.25, 0.3) is 0 Å². The van der Waals surface area contributed by atoms with E-state index in [9.17, 15) is 14.4 Å². The molecule has 38 heavy (non-hydrogen) atoms. The number of amides is 1. The lowest BCUT2D eigenvalue weighted by Crippen LogP contribution is -2.40. The number of carboxylic acids is 2. The third-order valence-corrected chi connectivity index (χ3v) is 6.52. The van der Waals surface area contributed by atoms with E-state index < -0.39 is 11.9 Å². The molecular weight excluding hydrogens is 488 g/mol. The Morgan fingerprint density at radius 1 is 0.947 bits per heavy atom. The summed E-state index contributed by atoms with van der Waals surface area (Å²) >= 11 is 0. The number of likely N-dealkylation sites (tertiary alicyclic amines) is 1. The highest BCUT2D eigenvalue weighted by Crippen LogP contribution is 2.34. The van der Waals surface area contributed by atoms with Gasteiger partial charge in [0, 0.05) is 37.0 Å². The molecule has 0 spiro atoms. The van der Waals surface area contributed by atoms with Crippen LogP contribution < -0.4 is 14.8 Å². The van der Waals surface area contributed by atoms with Crippen molar-refractivity contribution in [2.45, 2.75) is 51.2 Å². The Morgan fingerprint density at radius 2 is 1.63 bits per heavy atom. The van der Waals surface area contributed by atoms with Gasteiger partial charge in [0.2, 0.25) is 5.91 Å². The topological polar surface area (TPSA) is 125 Å². The van der Waals surface area contributed by atoms with Crippen molar-refractivity contribution in [3.63, 3.8) is 0 Å². The van der Waals surface area contributed by atoms with E-state index in [4.69, 9.17) is 19.7 Å². The van der Waals surface area contributed by atoms with Crippen molar-refractivity contribution in [1.29, 1.82) is 0 Å². The number of hydrogen-bond donors (Lipinski definition) is 3. The maximum absolute atomic E-state index is 13.0. The van der Waals surface area contributed by atoms with E-state index >= 15 is 0 Å². The molecule has 9 nitrogen and oxygen atoms in total. The summed E-state index contributed by atoms with van der Waals surface area (Å²) in [6, 6.07) is 16.1. The minimum Gasteiger partial charge on any atom is -0.493 e. The number of nitrogens with one attached hydrogen (secondary N) is 1. The third kappa shape index (κ3) is 9.55. The molecule has 2 aromatic rings. The molecule has 1 saturated carbocycles. The highest BCUT2D eigenvalue weighted by Gasteiger charge is 2.26. The van der Waals surface area contributed by atoms with Gasteiger partial charge < -0.3 is 25.0 Å². The van der Waals surface area contributed by atoms with Gasteiger partial charge in [-0.3, -0.25) is 9.69 Å². The molecule has 204 valence electrons. The minimum absolute atomic E-state index is 0.00349. The van der Waals surface area contributed by atoms with E-state index in [1.807, 2.05) is 24.3 Å². The van der Waals surface area contributed by atoms with Crippen LogP contribution in [0.4, 0.5) is 5.69 Å². The zero-order valence-corrected chi connectivity index (χ0v) is 21.7. The normalized spacial score (nSPS) is 17.9. The molecule has 1 unspecified atom stereocenters. The van der Waals surface area contributed by atoms with Crippen LogP contribution in [0.2, 0.25) is 0 Å². The highest BCUT2D eigenvalue weighted by molar-refractivity contribution is 5.93. The first-order valence-corrected chi connectivity index (χ1v) is 12.9. The zero-order chi connectivity index (χ0) is 27.3. The molecule has 0 bridgehead atoms. The number of ether oxygens (including phenoxy) is 2. The number of hydrogen-bond acceptors (Lipinski definition) is 6. The van der Waals surface area contributed by atoms with Gasteiger partial charge in [-0.25, -0.2) is 9.59 Å². The molecule has 1 aliphatic carbocycles. The molecule has 9 heteroatoms. The fourth-order valence-electron chi connectivity index (χ4n) is 4.67. The van der Waals surface area contributed by atoms with E-state index in [1.165, 1.54) is 18.4 Å². The molecule has 0 radical (unpaired) electrons. The lowest BCUT2D eigenvalue weighted by molar-refractivity contribution is -0.134. The van der Waals surface area contributed by atoms with E-state index in [-0.39, 0.29) is 17.9 Å². The number of nitrogens with zero attached hydrogens (tertiary/aromatic N) is 1. The molecule has 2 aliphatic rings. The zero-order valence-electron chi connectivity index (χ0n) is 21.7. The first-order valence-electron chi connectivity index (χ1n) is 12.9. The second-order valence-corrected chi connectivity index (χ2v) is 9.45. The van der Waals surface area contributed by atoms with Crippen LogP contribution in [0.1, 0.15) is 44.1 Å². The Hall–Kier alpha value is -3.85. The number of carbonyl (C=O) groups is 3. The molecule has 1 heterocycles. The molecule has 1 atom stereocenters.